The third-order valence-electron chi connectivity index (χ3n) is 4.75. The van der Waals surface area contributed by atoms with Gasteiger partial charge in [0.2, 0.25) is 0 Å². The lowest BCUT2D eigenvalue weighted by Crippen LogP contribution is -2.41. The summed E-state index contributed by atoms with van der Waals surface area (Å²) in [6.45, 7) is 7.35. The highest BCUT2D eigenvalue weighted by Gasteiger charge is 2.34. The Kier molecular flexibility index (Phi) is 5.26. The quantitative estimate of drug-likeness (QED) is 0.915. The maximum absolute atomic E-state index is 3.55. The smallest absolute Gasteiger partial charge is 0.0345 e. The van der Waals surface area contributed by atoms with Crippen LogP contribution in [0.3, 0.4) is 0 Å². The summed E-state index contributed by atoms with van der Waals surface area (Å²) >= 11 is 0. The Labute approximate surface area is 123 Å². The first-order valence-corrected chi connectivity index (χ1v) is 7.38. The van der Waals surface area contributed by atoms with Gasteiger partial charge in [-0.3, -0.25) is 4.90 Å². The van der Waals surface area contributed by atoms with Gasteiger partial charge >= 0.3 is 0 Å². The molecule has 2 nitrogen and oxygen atoms in total. The summed E-state index contributed by atoms with van der Waals surface area (Å²) in [5.74, 6) is 1.83. The van der Waals surface area contributed by atoms with Gasteiger partial charge in [0.25, 0.3) is 0 Å². The van der Waals surface area contributed by atoms with Crippen LogP contribution in [-0.4, -0.2) is 31.1 Å². The van der Waals surface area contributed by atoms with Crippen molar-refractivity contribution in [3.63, 3.8) is 0 Å². The third kappa shape index (κ3) is 3.13. The van der Waals surface area contributed by atoms with Crippen LogP contribution in [0.5, 0.6) is 0 Å². The molecule has 2 heterocycles. The molecule has 2 aliphatic rings. The molecule has 3 rings (SSSR count). The normalized spacial score (nSPS) is 28.5. The molecule has 2 fully saturated rings. The van der Waals surface area contributed by atoms with E-state index >= 15 is 0 Å². The van der Waals surface area contributed by atoms with Gasteiger partial charge in [0.05, 0.1) is 0 Å². The van der Waals surface area contributed by atoms with E-state index in [1.54, 1.807) is 0 Å². The van der Waals surface area contributed by atoms with Crippen molar-refractivity contribution in [2.75, 3.05) is 26.2 Å². The summed E-state index contributed by atoms with van der Waals surface area (Å²) in [5.41, 5.74) is 1.49. The SMILES string of the molecule is CCC(c1ccccc1)N1CCC2CNCC2C1.Cl. The molecule has 0 spiro atoms. The Balaban J connectivity index is 0.00000133. The highest BCUT2D eigenvalue weighted by Crippen LogP contribution is 2.33. The molecule has 3 atom stereocenters. The van der Waals surface area contributed by atoms with Gasteiger partial charge in [-0.05, 0) is 49.9 Å². The van der Waals surface area contributed by atoms with Crippen molar-refractivity contribution in [2.24, 2.45) is 11.8 Å². The minimum atomic E-state index is 0. The first-order valence-electron chi connectivity index (χ1n) is 7.38. The molecule has 3 unspecified atom stereocenters. The fourth-order valence-electron chi connectivity index (χ4n) is 3.73. The summed E-state index contributed by atoms with van der Waals surface area (Å²) in [6.07, 6.45) is 2.59. The van der Waals surface area contributed by atoms with Gasteiger partial charge in [-0.15, -0.1) is 12.4 Å². The van der Waals surface area contributed by atoms with Crippen LogP contribution in [0.15, 0.2) is 30.3 Å². The molecule has 1 N–H and O–H groups in total. The standard InChI is InChI=1S/C16H24N2.ClH/c1-2-16(13-6-4-3-5-7-13)18-9-8-14-10-17-11-15(14)12-18;/h3-7,14-17H,2,8-12H2,1H3;1H. The summed E-state index contributed by atoms with van der Waals surface area (Å²) in [6, 6.07) is 11.6. The van der Waals surface area contributed by atoms with E-state index in [0.29, 0.717) is 6.04 Å². The van der Waals surface area contributed by atoms with Crippen molar-refractivity contribution in [3.05, 3.63) is 35.9 Å². The minimum Gasteiger partial charge on any atom is -0.316 e. The van der Waals surface area contributed by atoms with Gasteiger partial charge in [0.15, 0.2) is 0 Å². The van der Waals surface area contributed by atoms with Crippen LogP contribution in [0, 0.1) is 11.8 Å². The van der Waals surface area contributed by atoms with Gasteiger partial charge < -0.3 is 5.32 Å². The molecule has 0 bridgehead atoms. The van der Waals surface area contributed by atoms with E-state index in [2.05, 4.69) is 47.5 Å². The number of benzene rings is 1. The Morgan fingerprint density at radius 3 is 2.68 bits per heavy atom. The summed E-state index contributed by atoms with van der Waals surface area (Å²) in [5, 5.41) is 3.55. The second kappa shape index (κ2) is 6.74. The van der Waals surface area contributed by atoms with Gasteiger partial charge in [0.1, 0.15) is 0 Å². The maximum atomic E-state index is 3.55. The summed E-state index contributed by atoms with van der Waals surface area (Å²) in [4.78, 5) is 2.71. The van der Waals surface area contributed by atoms with E-state index < -0.39 is 0 Å². The average Bonchev–Trinajstić information content (AvgIpc) is 2.88. The fraction of sp³-hybridized carbons (Fsp3) is 0.625. The molecule has 0 radical (unpaired) electrons. The van der Waals surface area contributed by atoms with Gasteiger partial charge in [-0.25, -0.2) is 0 Å². The number of halogens is 1. The third-order valence-corrected chi connectivity index (χ3v) is 4.75. The second-order valence-corrected chi connectivity index (χ2v) is 5.80. The number of hydrogen-bond acceptors (Lipinski definition) is 2. The molecule has 2 aliphatic heterocycles. The van der Waals surface area contributed by atoms with E-state index in [-0.39, 0.29) is 12.4 Å². The predicted molar refractivity (Wildman–Crippen MR) is 82.8 cm³/mol. The fourth-order valence-corrected chi connectivity index (χ4v) is 3.73. The number of piperidine rings is 1. The lowest BCUT2D eigenvalue weighted by molar-refractivity contribution is 0.101. The lowest BCUT2D eigenvalue weighted by atomic mass is 9.87. The Hall–Kier alpha value is -0.570. The van der Waals surface area contributed by atoms with Gasteiger partial charge in [0, 0.05) is 12.6 Å². The van der Waals surface area contributed by atoms with Crippen molar-refractivity contribution >= 4 is 12.4 Å². The molecule has 2 saturated heterocycles. The van der Waals surface area contributed by atoms with Crippen molar-refractivity contribution in [1.82, 2.24) is 10.2 Å². The van der Waals surface area contributed by atoms with Gasteiger partial charge in [-0.1, -0.05) is 37.3 Å². The zero-order valence-electron chi connectivity index (χ0n) is 11.7. The van der Waals surface area contributed by atoms with Crippen LogP contribution in [-0.2, 0) is 0 Å². The van der Waals surface area contributed by atoms with Crippen molar-refractivity contribution in [3.8, 4) is 0 Å². The number of likely N-dealkylation sites (tertiary alicyclic amines) is 1. The summed E-state index contributed by atoms with van der Waals surface area (Å²) in [7, 11) is 0. The first-order chi connectivity index (χ1) is 8.88. The van der Waals surface area contributed by atoms with Crippen molar-refractivity contribution in [1.29, 1.82) is 0 Å². The zero-order valence-corrected chi connectivity index (χ0v) is 12.5. The largest absolute Gasteiger partial charge is 0.316 e. The monoisotopic (exact) mass is 280 g/mol. The number of fused-ring (bicyclic) bond motifs is 1. The highest BCUT2D eigenvalue weighted by molar-refractivity contribution is 5.85. The van der Waals surface area contributed by atoms with Crippen LogP contribution in [0.1, 0.15) is 31.4 Å². The Bertz CT molecular complexity index is 382. The number of nitrogens with one attached hydrogen (secondary N) is 1. The molecule has 1 aromatic rings. The molecule has 106 valence electrons. The average molecular weight is 281 g/mol. The second-order valence-electron chi connectivity index (χ2n) is 5.80. The van der Waals surface area contributed by atoms with Crippen LogP contribution in [0.4, 0.5) is 0 Å². The van der Waals surface area contributed by atoms with E-state index in [9.17, 15) is 0 Å². The number of nitrogens with zero attached hydrogens (tertiary/aromatic N) is 1. The van der Waals surface area contributed by atoms with E-state index in [1.807, 2.05) is 0 Å². The number of rotatable bonds is 3. The van der Waals surface area contributed by atoms with E-state index in [1.165, 1.54) is 44.6 Å². The topological polar surface area (TPSA) is 15.3 Å². The van der Waals surface area contributed by atoms with Crippen LogP contribution in [0.2, 0.25) is 0 Å². The zero-order chi connectivity index (χ0) is 12.4. The van der Waals surface area contributed by atoms with Crippen LogP contribution < -0.4 is 5.32 Å². The molecule has 0 saturated carbocycles. The van der Waals surface area contributed by atoms with Crippen LogP contribution >= 0.6 is 12.4 Å². The molecule has 3 heteroatoms. The summed E-state index contributed by atoms with van der Waals surface area (Å²) < 4.78 is 0. The molecular formula is C16H25ClN2. The van der Waals surface area contributed by atoms with Gasteiger partial charge in [-0.2, -0.15) is 0 Å². The Morgan fingerprint density at radius 1 is 1.21 bits per heavy atom. The van der Waals surface area contributed by atoms with E-state index in [0.717, 1.165) is 11.8 Å². The molecule has 0 aliphatic carbocycles. The molecular weight excluding hydrogens is 256 g/mol. The molecule has 0 aromatic heterocycles. The van der Waals surface area contributed by atoms with Crippen molar-refractivity contribution < 1.29 is 0 Å². The molecule has 1 aromatic carbocycles. The number of hydrogen-bond donors (Lipinski definition) is 1. The van der Waals surface area contributed by atoms with E-state index in [4.69, 9.17) is 0 Å². The van der Waals surface area contributed by atoms with Crippen molar-refractivity contribution in [2.45, 2.75) is 25.8 Å². The molecule has 19 heavy (non-hydrogen) atoms. The Morgan fingerprint density at radius 2 is 1.95 bits per heavy atom. The minimum absolute atomic E-state index is 0. The molecule has 0 amide bonds. The lowest BCUT2D eigenvalue weighted by Gasteiger charge is -2.39. The predicted octanol–water partition coefficient (Wildman–Crippen LogP) is 3.10. The highest BCUT2D eigenvalue weighted by atomic mass is 35.5. The first kappa shape index (κ1) is 14.8. The van der Waals surface area contributed by atoms with Crippen LogP contribution in [0.25, 0.3) is 0 Å². The maximum Gasteiger partial charge on any atom is 0.0345 e.